The highest BCUT2D eigenvalue weighted by Crippen LogP contribution is 2.22. The summed E-state index contributed by atoms with van der Waals surface area (Å²) in [5, 5.41) is 3.01. The second kappa shape index (κ2) is 7.93. The van der Waals surface area contributed by atoms with Crippen molar-refractivity contribution in [3.8, 4) is 0 Å². The molecular weight excluding hydrogens is 248 g/mol. The maximum atomic E-state index is 12.1. The fourth-order valence-electron chi connectivity index (χ4n) is 2.80. The number of nitrogens with one attached hydrogen (secondary N) is 1. The summed E-state index contributed by atoms with van der Waals surface area (Å²) in [6.07, 6.45) is 6.26. The maximum absolute atomic E-state index is 12.1. The third kappa shape index (κ3) is 4.55. The smallest absolute Gasteiger partial charge is 0.317 e. The molecule has 1 aliphatic heterocycles. The Hall–Kier alpha value is -1.51. The van der Waals surface area contributed by atoms with Crippen LogP contribution >= 0.6 is 0 Å². The van der Waals surface area contributed by atoms with E-state index in [4.69, 9.17) is 0 Å². The number of carbonyl (C=O) groups is 1. The predicted octanol–water partition coefficient (Wildman–Crippen LogP) is 3.80. The Morgan fingerprint density at radius 3 is 2.60 bits per heavy atom. The molecule has 20 heavy (non-hydrogen) atoms. The standard InChI is InChI=1S/C17H26N2O/c1-2-3-7-15-10-12-19(13-11-15)17(20)18-14-16-8-5-4-6-9-16/h4-6,8-9,15H,2-3,7,10-14H2,1H3,(H,18,20). The van der Waals surface area contributed by atoms with Crippen LogP contribution in [0, 0.1) is 5.92 Å². The van der Waals surface area contributed by atoms with Crippen LogP contribution in [-0.4, -0.2) is 24.0 Å². The summed E-state index contributed by atoms with van der Waals surface area (Å²) in [6.45, 7) is 4.69. The Kier molecular flexibility index (Phi) is 5.90. The van der Waals surface area contributed by atoms with Crippen LogP contribution in [0.4, 0.5) is 4.79 Å². The summed E-state index contributed by atoms with van der Waals surface area (Å²) >= 11 is 0. The summed E-state index contributed by atoms with van der Waals surface area (Å²) in [4.78, 5) is 14.1. The van der Waals surface area contributed by atoms with E-state index in [1.807, 2.05) is 35.2 Å². The Morgan fingerprint density at radius 2 is 1.95 bits per heavy atom. The molecule has 0 bridgehead atoms. The number of benzene rings is 1. The zero-order chi connectivity index (χ0) is 14.2. The SMILES string of the molecule is CCCCC1CCN(C(=O)NCc2ccccc2)CC1. The number of unbranched alkanes of at least 4 members (excludes halogenated alkanes) is 1. The number of carbonyl (C=O) groups excluding carboxylic acids is 1. The van der Waals surface area contributed by atoms with Crippen molar-refractivity contribution >= 4 is 6.03 Å². The highest BCUT2D eigenvalue weighted by molar-refractivity contribution is 5.74. The number of nitrogens with zero attached hydrogens (tertiary/aromatic N) is 1. The van der Waals surface area contributed by atoms with Gasteiger partial charge in [0.25, 0.3) is 0 Å². The van der Waals surface area contributed by atoms with E-state index in [0.29, 0.717) is 6.54 Å². The molecule has 3 heteroatoms. The highest BCUT2D eigenvalue weighted by Gasteiger charge is 2.21. The molecule has 3 nitrogen and oxygen atoms in total. The van der Waals surface area contributed by atoms with Crippen molar-refractivity contribution in [3.05, 3.63) is 35.9 Å². The normalized spacial score (nSPS) is 16.1. The van der Waals surface area contributed by atoms with E-state index in [1.54, 1.807) is 0 Å². The van der Waals surface area contributed by atoms with Crippen LogP contribution in [0.1, 0.15) is 44.6 Å². The van der Waals surface area contributed by atoms with Crippen LogP contribution in [0.25, 0.3) is 0 Å². The Balaban J connectivity index is 1.69. The predicted molar refractivity (Wildman–Crippen MR) is 82.5 cm³/mol. The molecule has 1 fully saturated rings. The average Bonchev–Trinajstić information content (AvgIpc) is 2.52. The van der Waals surface area contributed by atoms with Crippen molar-refractivity contribution in [2.75, 3.05) is 13.1 Å². The van der Waals surface area contributed by atoms with Gasteiger partial charge in [-0.1, -0.05) is 56.5 Å². The monoisotopic (exact) mass is 274 g/mol. The quantitative estimate of drug-likeness (QED) is 0.870. The molecule has 2 amide bonds. The summed E-state index contributed by atoms with van der Waals surface area (Å²) in [5.41, 5.74) is 1.15. The summed E-state index contributed by atoms with van der Waals surface area (Å²) in [5.74, 6) is 0.827. The van der Waals surface area contributed by atoms with E-state index in [-0.39, 0.29) is 6.03 Å². The van der Waals surface area contributed by atoms with Crippen molar-refractivity contribution < 1.29 is 4.79 Å². The van der Waals surface area contributed by atoms with Gasteiger partial charge in [0.1, 0.15) is 0 Å². The third-order valence-electron chi connectivity index (χ3n) is 4.15. The molecule has 110 valence electrons. The van der Waals surface area contributed by atoms with Crippen molar-refractivity contribution in [1.82, 2.24) is 10.2 Å². The Morgan fingerprint density at radius 1 is 1.25 bits per heavy atom. The van der Waals surface area contributed by atoms with Gasteiger partial charge in [0.15, 0.2) is 0 Å². The summed E-state index contributed by atoms with van der Waals surface area (Å²) in [6, 6.07) is 10.2. The molecule has 0 aliphatic carbocycles. The number of piperidine rings is 1. The second-order valence-electron chi connectivity index (χ2n) is 5.72. The van der Waals surface area contributed by atoms with Gasteiger partial charge in [0.2, 0.25) is 0 Å². The van der Waals surface area contributed by atoms with Crippen LogP contribution in [0.15, 0.2) is 30.3 Å². The topological polar surface area (TPSA) is 32.3 Å². The summed E-state index contributed by atoms with van der Waals surface area (Å²) in [7, 11) is 0. The van der Waals surface area contributed by atoms with Gasteiger partial charge in [-0.05, 0) is 24.3 Å². The molecule has 0 saturated carbocycles. The number of rotatable bonds is 5. The lowest BCUT2D eigenvalue weighted by Gasteiger charge is -2.32. The maximum Gasteiger partial charge on any atom is 0.317 e. The first-order valence-electron chi connectivity index (χ1n) is 7.86. The number of likely N-dealkylation sites (tertiary alicyclic amines) is 1. The van der Waals surface area contributed by atoms with E-state index >= 15 is 0 Å². The number of amides is 2. The van der Waals surface area contributed by atoms with Crippen LogP contribution in [-0.2, 0) is 6.54 Å². The first-order chi connectivity index (χ1) is 9.79. The van der Waals surface area contributed by atoms with E-state index in [2.05, 4.69) is 12.2 Å². The molecule has 1 aromatic rings. The van der Waals surface area contributed by atoms with Gasteiger partial charge in [-0.25, -0.2) is 4.79 Å². The average molecular weight is 274 g/mol. The molecular formula is C17H26N2O. The molecule has 1 aromatic carbocycles. The van der Waals surface area contributed by atoms with Gasteiger partial charge in [-0.3, -0.25) is 0 Å². The molecule has 0 atom stereocenters. The van der Waals surface area contributed by atoms with Crippen molar-refractivity contribution in [2.24, 2.45) is 5.92 Å². The number of hydrogen-bond acceptors (Lipinski definition) is 1. The van der Waals surface area contributed by atoms with Gasteiger partial charge in [0.05, 0.1) is 0 Å². The zero-order valence-electron chi connectivity index (χ0n) is 12.5. The van der Waals surface area contributed by atoms with E-state index in [0.717, 1.165) is 24.6 Å². The lowest BCUT2D eigenvalue weighted by atomic mass is 9.92. The van der Waals surface area contributed by atoms with Crippen LogP contribution < -0.4 is 5.32 Å². The lowest BCUT2D eigenvalue weighted by Crippen LogP contribution is -2.44. The van der Waals surface area contributed by atoms with Crippen LogP contribution in [0.3, 0.4) is 0 Å². The lowest BCUT2D eigenvalue weighted by molar-refractivity contribution is 0.167. The molecule has 0 unspecified atom stereocenters. The molecule has 1 N–H and O–H groups in total. The van der Waals surface area contributed by atoms with Gasteiger partial charge in [0, 0.05) is 19.6 Å². The van der Waals surface area contributed by atoms with Crippen LogP contribution in [0.2, 0.25) is 0 Å². The molecule has 1 saturated heterocycles. The van der Waals surface area contributed by atoms with E-state index in [1.165, 1.54) is 32.1 Å². The van der Waals surface area contributed by atoms with E-state index < -0.39 is 0 Å². The largest absolute Gasteiger partial charge is 0.334 e. The fourth-order valence-corrected chi connectivity index (χ4v) is 2.80. The fraction of sp³-hybridized carbons (Fsp3) is 0.588. The van der Waals surface area contributed by atoms with Gasteiger partial charge in [-0.2, -0.15) is 0 Å². The van der Waals surface area contributed by atoms with Gasteiger partial charge in [-0.15, -0.1) is 0 Å². The van der Waals surface area contributed by atoms with Gasteiger partial charge >= 0.3 is 6.03 Å². The Labute approximate surface area is 122 Å². The molecule has 0 aromatic heterocycles. The minimum absolute atomic E-state index is 0.0859. The molecule has 0 radical (unpaired) electrons. The summed E-state index contributed by atoms with van der Waals surface area (Å²) < 4.78 is 0. The Bertz CT molecular complexity index is 397. The van der Waals surface area contributed by atoms with Crippen molar-refractivity contribution in [2.45, 2.75) is 45.6 Å². The van der Waals surface area contributed by atoms with Gasteiger partial charge < -0.3 is 10.2 Å². The molecule has 2 rings (SSSR count). The second-order valence-corrected chi connectivity index (χ2v) is 5.72. The minimum Gasteiger partial charge on any atom is -0.334 e. The number of hydrogen-bond donors (Lipinski definition) is 1. The first-order valence-corrected chi connectivity index (χ1v) is 7.86. The highest BCUT2D eigenvalue weighted by atomic mass is 16.2. The number of urea groups is 1. The third-order valence-corrected chi connectivity index (χ3v) is 4.15. The van der Waals surface area contributed by atoms with Crippen molar-refractivity contribution in [1.29, 1.82) is 0 Å². The molecule has 1 aliphatic rings. The van der Waals surface area contributed by atoms with E-state index in [9.17, 15) is 4.79 Å². The first kappa shape index (κ1) is 14.9. The minimum atomic E-state index is 0.0859. The van der Waals surface area contributed by atoms with Crippen molar-refractivity contribution in [3.63, 3.8) is 0 Å². The zero-order valence-corrected chi connectivity index (χ0v) is 12.5. The van der Waals surface area contributed by atoms with Crippen LogP contribution in [0.5, 0.6) is 0 Å². The molecule has 0 spiro atoms. The molecule has 1 heterocycles.